The van der Waals surface area contributed by atoms with E-state index in [0.717, 1.165) is 17.0 Å². The third-order valence-electron chi connectivity index (χ3n) is 3.35. The minimum absolute atomic E-state index is 0.280. The summed E-state index contributed by atoms with van der Waals surface area (Å²) in [7, 11) is 0. The Morgan fingerprint density at radius 2 is 2.24 bits per heavy atom. The number of nitrogens with zero attached hydrogens (tertiary/aromatic N) is 2. The monoisotopic (exact) mass is 302 g/mol. The van der Waals surface area contributed by atoms with E-state index in [9.17, 15) is 0 Å². The van der Waals surface area contributed by atoms with Gasteiger partial charge in [-0.25, -0.2) is 0 Å². The van der Waals surface area contributed by atoms with Crippen molar-refractivity contribution in [2.45, 2.75) is 25.1 Å². The highest BCUT2D eigenvalue weighted by atomic mass is 32.2. The molecule has 6 heteroatoms. The smallest absolute Gasteiger partial charge is 0.243 e. The molecule has 0 radical (unpaired) electrons. The lowest BCUT2D eigenvalue weighted by molar-refractivity contribution is 0.351. The summed E-state index contributed by atoms with van der Waals surface area (Å²) in [4.78, 5) is 7.63. The minimum Gasteiger partial charge on any atom is -0.361 e. The fraction of sp³-hybridized carbons (Fsp3) is 0.333. The van der Waals surface area contributed by atoms with Crippen molar-refractivity contribution >= 4 is 22.7 Å². The number of para-hydroxylation sites is 1. The number of nitrogens with one attached hydrogen (secondary N) is 1. The number of fused-ring (bicyclic) bond motifs is 1. The number of H-pyrrole nitrogens is 1. The number of aromatic amines is 1. The van der Waals surface area contributed by atoms with E-state index in [2.05, 4.69) is 34.2 Å². The molecule has 3 N–H and O–H groups in total. The van der Waals surface area contributed by atoms with Crippen LogP contribution in [0.2, 0.25) is 0 Å². The Kier molecular flexibility index (Phi) is 4.26. The van der Waals surface area contributed by atoms with E-state index in [1.54, 1.807) is 11.8 Å². The van der Waals surface area contributed by atoms with Gasteiger partial charge in [0.2, 0.25) is 5.89 Å². The minimum atomic E-state index is -0.280. The van der Waals surface area contributed by atoms with E-state index in [0.29, 0.717) is 18.1 Å². The molecule has 1 atom stereocenters. The fourth-order valence-corrected chi connectivity index (χ4v) is 2.80. The number of nitrogens with two attached hydrogens (primary N) is 1. The zero-order chi connectivity index (χ0) is 14.7. The second kappa shape index (κ2) is 6.32. The molecule has 3 rings (SSSR count). The molecule has 0 fully saturated rings. The summed E-state index contributed by atoms with van der Waals surface area (Å²) in [5.74, 6) is 3.02. The first-order valence-electron chi connectivity index (χ1n) is 6.98. The van der Waals surface area contributed by atoms with Gasteiger partial charge in [-0.15, -0.1) is 0 Å². The Morgan fingerprint density at radius 3 is 3.10 bits per heavy atom. The van der Waals surface area contributed by atoms with Crippen LogP contribution in [0.25, 0.3) is 10.9 Å². The highest BCUT2D eigenvalue weighted by Gasteiger charge is 2.17. The lowest BCUT2D eigenvalue weighted by Gasteiger charge is -2.05. The van der Waals surface area contributed by atoms with Gasteiger partial charge in [-0.1, -0.05) is 30.3 Å². The van der Waals surface area contributed by atoms with E-state index in [4.69, 9.17) is 10.3 Å². The number of hydrogen-bond donors (Lipinski definition) is 2. The first-order valence-corrected chi connectivity index (χ1v) is 8.14. The van der Waals surface area contributed by atoms with Crippen LogP contribution in [0.3, 0.4) is 0 Å². The lowest BCUT2D eigenvalue weighted by Crippen LogP contribution is -2.13. The maximum Gasteiger partial charge on any atom is 0.243 e. The normalized spacial score (nSPS) is 12.9. The standard InChI is InChI=1S/C15H18N4OS/c1-2-21-9-14-18-15(20-19-14)12(16)7-10-8-17-13-6-4-3-5-11(10)13/h3-6,8,12,17H,2,7,9,16H2,1H3/t12-/m1/s1. The van der Waals surface area contributed by atoms with Gasteiger partial charge in [-0.05, 0) is 23.8 Å². The molecule has 0 bridgehead atoms. The molecule has 0 aliphatic heterocycles. The molecule has 21 heavy (non-hydrogen) atoms. The first-order chi connectivity index (χ1) is 10.3. The predicted molar refractivity (Wildman–Crippen MR) is 85.1 cm³/mol. The van der Waals surface area contributed by atoms with Gasteiger partial charge in [-0.2, -0.15) is 16.7 Å². The largest absolute Gasteiger partial charge is 0.361 e. The number of aromatic nitrogens is 3. The van der Waals surface area contributed by atoms with Crippen LogP contribution in [0.4, 0.5) is 0 Å². The van der Waals surface area contributed by atoms with Gasteiger partial charge < -0.3 is 15.2 Å². The number of thioether (sulfide) groups is 1. The zero-order valence-corrected chi connectivity index (χ0v) is 12.7. The van der Waals surface area contributed by atoms with Crippen LogP contribution in [-0.2, 0) is 12.2 Å². The molecule has 0 saturated heterocycles. The molecule has 2 aromatic heterocycles. The van der Waals surface area contributed by atoms with Gasteiger partial charge >= 0.3 is 0 Å². The van der Waals surface area contributed by atoms with E-state index in [1.807, 2.05) is 18.3 Å². The van der Waals surface area contributed by atoms with Crippen LogP contribution in [0.1, 0.15) is 30.2 Å². The van der Waals surface area contributed by atoms with E-state index in [1.165, 1.54) is 10.9 Å². The maximum atomic E-state index is 6.20. The summed E-state index contributed by atoms with van der Waals surface area (Å²) in [5, 5.41) is 5.16. The third-order valence-corrected chi connectivity index (χ3v) is 4.22. The lowest BCUT2D eigenvalue weighted by atomic mass is 10.1. The Labute approximate surface area is 127 Å². The average Bonchev–Trinajstić information content (AvgIpc) is 3.13. The van der Waals surface area contributed by atoms with Gasteiger partial charge in [0.1, 0.15) is 0 Å². The van der Waals surface area contributed by atoms with Gasteiger partial charge in [0, 0.05) is 17.1 Å². The Balaban J connectivity index is 1.73. The molecule has 0 aliphatic carbocycles. The second-order valence-corrected chi connectivity index (χ2v) is 6.13. The van der Waals surface area contributed by atoms with Crippen molar-refractivity contribution in [3.8, 4) is 0 Å². The summed E-state index contributed by atoms with van der Waals surface area (Å²) < 4.78 is 5.27. The van der Waals surface area contributed by atoms with Crippen LogP contribution in [0, 0.1) is 0 Å². The zero-order valence-electron chi connectivity index (χ0n) is 11.9. The summed E-state index contributed by atoms with van der Waals surface area (Å²) in [5.41, 5.74) is 8.49. The molecule has 0 spiro atoms. The van der Waals surface area contributed by atoms with Crippen LogP contribution >= 0.6 is 11.8 Å². The first kappa shape index (κ1) is 14.2. The van der Waals surface area contributed by atoms with Crippen molar-refractivity contribution in [3.63, 3.8) is 0 Å². The van der Waals surface area contributed by atoms with Gasteiger partial charge in [0.05, 0.1) is 11.8 Å². The summed E-state index contributed by atoms with van der Waals surface area (Å²) in [6.07, 6.45) is 2.67. The average molecular weight is 302 g/mol. The second-order valence-electron chi connectivity index (χ2n) is 4.86. The maximum absolute atomic E-state index is 6.20. The van der Waals surface area contributed by atoms with E-state index < -0.39 is 0 Å². The number of rotatable bonds is 6. The summed E-state index contributed by atoms with van der Waals surface area (Å²) in [6.45, 7) is 2.11. The molecule has 5 nitrogen and oxygen atoms in total. The van der Waals surface area contributed by atoms with Crippen molar-refractivity contribution in [1.82, 2.24) is 15.1 Å². The summed E-state index contributed by atoms with van der Waals surface area (Å²) >= 11 is 1.76. The quantitative estimate of drug-likeness (QED) is 0.731. The molecule has 3 aromatic rings. The van der Waals surface area contributed by atoms with Crippen molar-refractivity contribution in [2.75, 3.05) is 5.75 Å². The van der Waals surface area contributed by atoms with Crippen LogP contribution in [-0.4, -0.2) is 20.9 Å². The fourth-order valence-electron chi connectivity index (χ4n) is 2.29. The molecule has 1 aromatic carbocycles. The SMILES string of the molecule is CCSCc1noc([C@H](N)Cc2c[nH]c3ccccc23)n1. The van der Waals surface area contributed by atoms with Crippen LogP contribution in [0.5, 0.6) is 0 Å². The molecule has 110 valence electrons. The Morgan fingerprint density at radius 1 is 1.38 bits per heavy atom. The number of hydrogen-bond acceptors (Lipinski definition) is 5. The molecule has 0 saturated carbocycles. The summed E-state index contributed by atoms with van der Waals surface area (Å²) in [6, 6.07) is 7.90. The highest BCUT2D eigenvalue weighted by Crippen LogP contribution is 2.22. The van der Waals surface area contributed by atoms with Crippen molar-refractivity contribution in [2.24, 2.45) is 5.73 Å². The molecular weight excluding hydrogens is 284 g/mol. The van der Waals surface area contributed by atoms with Gasteiger partial charge in [-0.3, -0.25) is 0 Å². The number of benzene rings is 1. The molecule has 0 unspecified atom stereocenters. The molecule has 0 amide bonds. The topological polar surface area (TPSA) is 80.7 Å². The van der Waals surface area contributed by atoms with Crippen molar-refractivity contribution in [1.29, 1.82) is 0 Å². The molecular formula is C15H18N4OS. The van der Waals surface area contributed by atoms with Crippen LogP contribution < -0.4 is 5.73 Å². The van der Waals surface area contributed by atoms with Crippen molar-refractivity contribution in [3.05, 3.63) is 47.7 Å². The Hall–Kier alpha value is -1.79. The highest BCUT2D eigenvalue weighted by molar-refractivity contribution is 7.98. The third kappa shape index (κ3) is 3.11. The Bertz CT molecular complexity index is 721. The predicted octanol–water partition coefficient (Wildman–Crippen LogP) is 3.05. The van der Waals surface area contributed by atoms with E-state index >= 15 is 0 Å². The van der Waals surface area contributed by atoms with Gasteiger partial charge in [0.25, 0.3) is 0 Å². The van der Waals surface area contributed by atoms with E-state index in [-0.39, 0.29) is 6.04 Å². The van der Waals surface area contributed by atoms with Gasteiger partial charge in [0.15, 0.2) is 5.82 Å². The molecule has 2 heterocycles. The van der Waals surface area contributed by atoms with Crippen molar-refractivity contribution < 1.29 is 4.52 Å². The molecule has 0 aliphatic rings. The van der Waals surface area contributed by atoms with Crippen LogP contribution in [0.15, 0.2) is 35.0 Å².